The molecule has 0 unspecified atom stereocenters. The quantitative estimate of drug-likeness (QED) is 0.868. The van der Waals surface area contributed by atoms with Crippen LogP contribution in [0, 0.1) is 6.92 Å². The molecule has 0 aliphatic carbocycles. The summed E-state index contributed by atoms with van der Waals surface area (Å²) in [5.41, 5.74) is 0.612. The second kappa shape index (κ2) is 6.55. The highest BCUT2D eigenvalue weighted by molar-refractivity contribution is 5.90. The van der Waals surface area contributed by atoms with Gasteiger partial charge in [-0.3, -0.25) is 0 Å². The van der Waals surface area contributed by atoms with Gasteiger partial charge in [-0.2, -0.15) is 4.98 Å². The Morgan fingerprint density at radius 3 is 2.90 bits per heavy atom. The summed E-state index contributed by atoms with van der Waals surface area (Å²) in [6.45, 7) is 2.15. The van der Waals surface area contributed by atoms with Crippen LogP contribution >= 0.6 is 0 Å². The Labute approximate surface area is 116 Å². The summed E-state index contributed by atoms with van der Waals surface area (Å²) in [4.78, 5) is 15.8. The van der Waals surface area contributed by atoms with Gasteiger partial charge in [0.2, 0.25) is 5.89 Å². The molecule has 0 bridgehead atoms. The predicted octanol–water partition coefficient (Wildman–Crippen LogP) is 1.75. The van der Waals surface area contributed by atoms with E-state index in [0.717, 1.165) is 0 Å². The number of ether oxygens (including phenoxy) is 1. The largest absolute Gasteiger partial charge is 0.495 e. The Balaban J connectivity index is 1.80. The third-order valence-electron chi connectivity index (χ3n) is 2.55. The number of methoxy groups -OCH3 is 1. The molecule has 2 rings (SSSR count). The lowest BCUT2D eigenvalue weighted by Crippen LogP contribution is -2.30. The average Bonchev–Trinajstić information content (AvgIpc) is 2.85. The molecule has 0 saturated carbocycles. The smallest absolute Gasteiger partial charge is 0.319 e. The number of hydrogen-bond acceptors (Lipinski definition) is 5. The molecule has 2 N–H and O–H groups in total. The highest BCUT2D eigenvalue weighted by Gasteiger charge is 2.07. The predicted molar refractivity (Wildman–Crippen MR) is 72.8 cm³/mol. The Hall–Kier alpha value is -2.57. The van der Waals surface area contributed by atoms with Gasteiger partial charge in [0, 0.05) is 13.0 Å². The van der Waals surface area contributed by atoms with Crippen LogP contribution in [0.1, 0.15) is 11.7 Å². The molecule has 1 aromatic carbocycles. The first-order chi connectivity index (χ1) is 9.69. The molecular weight excluding hydrogens is 260 g/mol. The zero-order valence-electron chi connectivity index (χ0n) is 11.3. The zero-order valence-corrected chi connectivity index (χ0v) is 11.3. The summed E-state index contributed by atoms with van der Waals surface area (Å²) < 4.78 is 10.1. The lowest BCUT2D eigenvalue weighted by molar-refractivity contribution is 0.251. The highest BCUT2D eigenvalue weighted by atomic mass is 16.5. The molecule has 0 fully saturated rings. The van der Waals surface area contributed by atoms with Crippen molar-refractivity contribution in [3.63, 3.8) is 0 Å². The molecule has 7 nitrogen and oxygen atoms in total. The number of carbonyl (C=O) groups excluding carboxylic acids is 1. The fourth-order valence-electron chi connectivity index (χ4n) is 1.64. The van der Waals surface area contributed by atoms with Gasteiger partial charge in [-0.15, -0.1) is 0 Å². The third kappa shape index (κ3) is 3.71. The van der Waals surface area contributed by atoms with Gasteiger partial charge in [0.1, 0.15) is 5.75 Å². The van der Waals surface area contributed by atoms with Crippen molar-refractivity contribution in [1.29, 1.82) is 0 Å². The fraction of sp³-hybridized carbons (Fsp3) is 0.308. The van der Waals surface area contributed by atoms with Crippen LogP contribution in [0.3, 0.4) is 0 Å². The minimum absolute atomic E-state index is 0.314. The van der Waals surface area contributed by atoms with Crippen LogP contribution in [0.15, 0.2) is 28.8 Å². The zero-order chi connectivity index (χ0) is 14.4. The molecule has 0 aliphatic rings. The first-order valence-corrected chi connectivity index (χ1v) is 6.16. The standard InChI is InChI=1S/C13H16N4O3/c1-9-15-12(20-17-9)7-8-14-13(18)16-10-5-3-4-6-11(10)19-2/h3-6H,7-8H2,1-2H3,(H2,14,16,18). The molecule has 7 heteroatoms. The summed E-state index contributed by atoms with van der Waals surface area (Å²) in [7, 11) is 1.55. The maximum absolute atomic E-state index is 11.7. The minimum Gasteiger partial charge on any atom is -0.495 e. The van der Waals surface area contributed by atoms with Crippen molar-refractivity contribution < 1.29 is 14.1 Å². The number of aromatic nitrogens is 2. The van der Waals surface area contributed by atoms with Crippen LogP contribution in [-0.2, 0) is 6.42 Å². The number of aryl methyl sites for hydroxylation is 1. The van der Waals surface area contributed by atoms with Crippen LogP contribution in [-0.4, -0.2) is 29.8 Å². The number of hydrogen-bond donors (Lipinski definition) is 2. The molecular formula is C13H16N4O3. The van der Waals surface area contributed by atoms with Crippen molar-refractivity contribution in [2.45, 2.75) is 13.3 Å². The van der Waals surface area contributed by atoms with Crippen LogP contribution in [0.25, 0.3) is 0 Å². The summed E-state index contributed by atoms with van der Waals surface area (Å²) in [5.74, 6) is 1.69. The number of nitrogens with one attached hydrogen (secondary N) is 2. The molecule has 20 heavy (non-hydrogen) atoms. The minimum atomic E-state index is -0.314. The number of para-hydroxylation sites is 2. The van der Waals surface area contributed by atoms with E-state index in [1.807, 2.05) is 12.1 Å². The molecule has 2 aromatic rings. The molecule has 0 saturated heterocycles. The van der Waals surface area contributed by atoms with Gasteiger partial charge < -0.3 is 19.9 Å². The first-order valence-electron chi connectivity index (χ1n) is 6.16. The van der Waals surface area contributed by atoms with E-state index in [1.54, 1.807) is 26.2 Å². The van der Waals surface area contributed by atoms with Crippen molar-refractivity contribution >= 4 is 11.7 Å². The van der Waals surface area contributed by atoms with Crippen LogP contribution in [0.5, 0.6) is 5.75 Å². The Morgan fingerprint density at radius 2 is 2.20 bits per heavy atom. The Morgan fingerprint density at radius 1 is 1.40 bits per heavy atom. The second-order valence-electron chi connectivity index (χ2n) is 4.07. The van der Waals surface area contributed by atoms with Crippen LogP contribution < -0.4 is 15.4 Å². The molecule has 0 radical (unpaired) electrons. The summed E-state index contributed by atoms with van der Waals surface area (Å²) >= 11 is 0. The van der Waals surface area contributed by atoms with Crippen molar-refractivity contribution in [3.05, 3.63) is 36.0 Å². The number of urea groups is 1. The van der Waals surface area contributed by atoms with E-state index in [2.05, 4.69) is 20.8 Å². The third-order valence-corrected chi connectivity index (χ3v) is 2.55. The Kier molecular flexibility index (Phi) is 4.54. The fourth-order valence-corrected chi connectivity index (χ4v) is 1.64. The molecule has 2 amide bonds. The van der Waals surface area contributed by atoms with E-state index in [4.69, 9.17) is 9.26 Å². The summed E-state index contributed by atoms with van der Waals surface area (Å²) in [6, 6.07) is 6.88. The molecule has 0 aliphatic heterocycles. The molecule has 106 valence electrons. The maximum Gasteiger partial charge on any atom is 0.319 e. The molecule has 1 heterocycles. The lowest BCUT2D eigenvalue weighted by atomic mass is 10.3. The second-order valence-corrected chi connectivity index (χ2v) is 4.07. The topological polar surface area (TPSA) is 89.3 Å². The van der Waals surface area contributed by atoms with Gasteiger partial charge in [0.05, 0.1) is 12.8 Å². The van der Waals surface area contributed by atoms with Crippen molar-refractivity contribution in [3.8, 4) is 5.75 Å². The van der Waals surface area contributed by atoms with Gasteiger partial charge in [0.15, 0.2) is 5.82 Å². The number of carbonyl (C=O) groups is 1. The Bertz CT molecular complexity index is 583. The van der Waals surface area contributed by atoms with Gasteiger partial charge in [0.25, 0.3) is 0 Å². The maximum atomic E-state index is 11.7. The summed E-state index contributed by atoms with van der Waals surface area (Å²) in [5, 5.41) is 9.09. The average molecular weight is 276 g/mol. The molecule has 0 atom stereocenters. The SMILES string of the molecule is COc1ccccc1NC(=O)NCCc1nc(C)no1. The van der Waals surface area contributed by atoms with E-state index in [0.29, 0.717) is 36.1 Å². The number of benzene rings is 1. The van der Waals surface area contributed by atoms with E-state index in [9.17, 15) is 4.79 Å². The van der Waals surface area contributed by atoms with E-state index in [-0.39, 0.29) is 6.03 Å². The van der Waals surface area contributed by atoms with Gasteiger partial charge in [-0.1, -0.05) is 17.3 Å². The monoisotopic (exact) mass is 276 g/mol. The van der Waals surface area contributed by atoms with Gasteiger partial charge in [-0.05, 0) is 19.1 Å². The number of anilines is 1. The van der Waals surface area contributed by atoms with Gasteiger partial charge >= 0.3 is 6.03 Å². The first kappa shape index (κ1) is 13.9. The van der Waals surface area contributed by atoms with Gasteiger partial charge in [-0.25, -0.2) is 4.79 Å². The van der Waals surface area contributed by atoms with E-state index in [1.165, 1.54) is 0 Å². The molecule has 1 aromatic heterocycles. The molecule has 0 spiro atoms. The number of rotatable bonds is 5. The number of amides is 2. The normalized spacial score (nSPS) is 10.1. The van der Waals surface area contributed by atoms with Crippen molar-refractivity contribution in [2.24, 2.45) is 0 Å². The van der Waals surface area contributed by atoms with Crippen molar-refractivity contribution in [1.82, 2.24) is 15.5 Å². The van der Waals surface area contributed by atoms with Crippen LogP contribution in [0.2, 0.25) is 0 Å². The summed E-state index contributed by atoms with van der Waals surface area (Å²) in [6.07, 6.45) is 0.486. The van der Waals surface area contributed by atoms with E-state index < -0.39 is 0 Å². The van der Waals surface area contributed by atoms with E-state index >= 15 is 0 Å². The number of nitrogens with zero attached hydrogens (tertiary/aromatic N) is 2. The highest BCUT2D eigenvalue weighted by Crippen LogP contribution is 2.22. The lowest BCUT2D eigenvalue weighted by Gasteiger charge is -2.10. The van der Waals surface area contributed by atoms with Crippen LogP contribution in [0.4, 0.5) is 10.5 Å². The van der Waals surface area contributed by atoms with Crippen molar-refractivity contribution in [2.75, 3.05) is 19.0 Å².